The molecule has 0 atom stereocenters. The smallest absolute Gasteiger partial charge is 0.123 e. The maximum absolute atomic E-state index is 13.0. The number of hydrogen-bond donors (Lipinski definition) is 2. The summed E-state index contributed by atoms with van der Waals surface area (Å²) in [5, 5.41) is 3.94. The van der Waals surface area contributed by atoms with Crippen molar-refractivity contribution in [2.24, 2.45) is 0 Å². The number of hydrogen-bond acceptors (Lipinski definition) is 1. The molecule has 3 heteroatoms. The van der Waals surface area contributed by atoms with Gasteiger partial charge in [0.25, 0.3) is 0 Å². The van der Waals surface area contributed by atoms with Gasteiger partial charge in [0.05, 0.1) is 0 Å². The molecule has 2 N–H and O–H groups in total. The SMILES string of the molecule is CNCC=Cc1c[nH]c2ccc(F)cc12. The molecule has 0 fully saturated rings. The Morgan fingerprint density at radius 2 is 2.33 bits per heavy atom. The van der Waals surface area contributed by atoms with E-state index in [1.165, 1.54) is 6.07 Å². The average Bonchev–Trinajstić information content (AvgIpc) is 2.62. The zero-order valence-electron chi connectivity index (χ0n) is 8.55. The minimum Gasteiger partial charge on any atom is -0.361 e. The number of H-pyrrole nitrogens is 1. The van der Waals surface area contributed by atoms with Crippen LogP contribution in [0.3, 0.4) is 0 Å². The van der Waals surface area contributed by atoms with Crippen molar-refractivity contribution in [2.75, 3.05) is 13.6 Å². The third kappa shape index (κ3) is 2.07. The van der Waals surface area contributed by atoms with E-state index in [9.17, 15) is 4.39 Å². The van der Waals surface area contributed by atoms with Gasteiger partial charge >= 0.3 is 0 Å². The van der Waals surface area contributed by atoms with Gasteiger partial charge in [-0.2, -0.15) is 0 Å². The Balaban J connectivity index is 2.39. The van der Waals surface area contributed by atoms with E-state index in [-0.39, 0.29) is 5.82 Å². The lowest BCUT2D eigenvalue weighted by Crippen LogP contribution is -2.03. The first kappa shape index (κ1) is 9.93. The van der Waals surface area contributed by atoms with Crippen molar-refractivity contribution in [1.82, 2.24) is 10.3 Å². The number of benzene rings is 1. The van der Waals surface area contributed by atoms with Crippen LogP contribution in [0.1, 0.15) is 5.56 Å². The molecule has 1 aromatic heterocycles. The first-order valence-electron chi connectivity index (χ1n) is 4.89. The number of fused-ring (bicyclic) bond motifs is 1. The molecule has 0 unspecified atom stereocenters. The molecule has 78 valence electrons. The molecule has 0 radical (unpaired) electrons. The van der Waals surface area contributed by atoms with Crippen LogP contribution in [0.15, 0.2) is 30.5 Å². The van der Waals surface area contributed by atoms with Crippen LogP contribution in [0, 0.1) is 5.82 Å². The first-order valence-corrected chi connectivity index (χ1v) is 4.89. The maximum atomic E-state index is 13.0. The monoisotopic (exact) mass is 204 g/mol. The summed E-state index contributed by atoms with van der Waals surface area (Å²) in [6.45, 7) is 0.808. The molecule has 0 aliphatic rings. The van der Waals surface area contributed by atoms with Gasteiger partial charge < -0.3 is 10.3 Å². The van der Waals surface area contributed by atoms with Crippen LogP contribution in [0.5, 0.6) is 0 Å². The van der Waals surface area contributed by atoms with Gasteiger partial charge in [0.1, 0.15) is 5.82 Å². The zero-order valence-corrected chi connectivity index (χ0v) is 8.55. The highest BCUT2D eigenvalue weighted by molar-refractivity contribution is 5.88. The van der Waals surface area contributed by atoms with E-state index in [1.807, 2.05) is 25.4 Å². The highest BCUT2D eigenvalue weighted by Gasteiger charge is 2.01. The number of likely N-dealkylation sites (N-methyl/N-ethyl adjacent to an activating group) is 1. The largest absolute Gasteiger partial charge is 0.361 e. The Labute approximate surface area is 87.8 Å². The van der Waals surface area contributed by atoms with Gasteiger partial charge in [0.15, 0.2) is 0 Å². The fraction of sp³-hybridized carbons (Fsp3) is 0.167. The topological polar surface area (TPSA) is 27.8 Å². The normalized spacial score (nSPS) is 11.6. The summed E-state index contributed by atoms with van der Waals surface area (Å²) in [5.74, 6) is -0.203. The highest BCUT2D eigenvalue weighted by atomic mass is 19.1. The maximum Gasteiger partial charge on any atom is 0.123 e. The Kier molecular flexibility index (Phi) is 2.83. The summed E-state index contributed by atoms with van der Waals surface area (Å²) < 4.78 is 13.0. The van der Waals surface area contributed by atoms with Crippen LogP contribution >= 0.6 is 0 Å². The molecule has 2 nitrogen and oxygen atoms in total. The fourth-order valence-corrected chi connectivity index (χ4v) is 1.56. The summed E-state index contributed by atoms with van der Waals surface area (Å²) in [6.07, 6.45) is 5.87. The van der Waals surface area contributed by atoms with Crippen LogP contribution in [-0.2, 0) is 0 Å². The van der Waals surface area contributed by atoms with Gasteiger partial charge in [-0.25, -0.2) is 4.39 Å². The van der Waals surface area contributed by atoms with Crippen molar-refractivity contribution in [3.8, 4) is 0 Å². The van der Waals surface area contributed by atoms with Crippen LogP contribution < -0.4 is 5.32 Å². The van der Waals surface area contributed by atoms with Crippen LogP contribution in [0.2, 0.25) is 0 Å². The molecule has 1 aromatic carbocycles. The number of rotatable bonds is 3. The standard InChI is InChI=1S/C12H13FN2/c1-14-6-2-3-9-8-15-12-5-4-10(13)7-11(9)12/h2-5,7-8,14-15H,6H2,1H3. The predicted octanol–water partition coefficient (Wildman–Crippen LogP) is 2.54. The zero-order chi connectivity index (χ0) is 10.7. The van der Waals surface area contributed by atoms with Gasteiger partial charge in [-0.15, -0.1) is 0 Å². The Hall–Kier alpha value is -1.61. The molecule has 0 aliphatic heterocycles. The van der Waals surface area contributed by atoms with Crippen molar-refractivity contribution in [1.29, 1.82) is 0 Å². The Bertz CT molecular complexity index is 485. The molecular weight excluding hydrogens is 191 g/mol. The van der Waals surface area contributed by atoms with Gasteiger partial charge in [0, 0.05) is 23.6 Å². The van der Waals surface area contributed by atoms with Crippen molar-refractivity contribution >= 4 is 17.0 Å². The molecule has 2 rings (SSSR count). The molecule has 2 aromatic rings. The molecule has 0 bridgehead atoms. The van der Waals surface area contributed by atoms with Crippen molar-refractivity contribution < 1.29 is 4.39 Å². The van der Waals surface area contributed by atoms with Gasteiger partial charge in [0.2, 0.25) is 0 Å². The minimum atomic E-state index is -0.203. The number of aromatic nitrogens is 1. The van der Waals surface area contributed by atoms with Gasteiger partial charge in [-0.3, -0.25) is 0 Å². The molecule has 0 spiro atoms. The van der Waals surface area contributed by atoms with Crippen molar-refractivity contribution in [3.05, 3.63) is 41.9 Å². The van der Waals surface area contributed by atoms with E-state index in [0.29, 0.717) is 0 Å². The van der Waals surface area contributed by atoms with E-state index in [2.05, 4.69) is 10.3 Å². The highest BCUT2D eigenvalue weighted by Crippen LogP contribution is 2.20. The molecule has 0 saturated carbocycles. The summed E-state index contributed by atoms with van der Waals surface area (Å²) in [7, 11) is 1.89. The molecular formula is C12H13FN2. The predicted molar refractivity (Wildman–Crippen MR) is 61.2 cm³/mol. The second-order valence-corrected chi connectivity index (χ2v) is 3.39. The Morgan fingerprint density at radius 3 is 3.13 bits per heavy atom. The number of aromatic amines is 1. The minimum absolute atomic E-state index is 0.203. The number of halogens is 1. The van der Waals surface area contributed by atoms with E-state index in [1.54, 1.807) is 12.1 Å². The third-order valence-corrected chi connectivity index (χ3v) is 2.30. The lowest BCUT2D eigenvalue weighted by molar-refractivity contribution is 0.629. The summed E-state index contributed by atoms with van der Waals surface area (Å²) in [5.41, 5.74) is 1.97. The second kappa shape index (κ2) is 4.28. The summed E-state index contributed by atoms with van der Waals surface area (Å²) >= 11 is 0. The lowest BCUT2D eigenvalue weighted by Gasteiger charge is -1.93. The second-order valence-electron chi connectivity index (χ2n) is 3.39. The van der Waals surface area contributed by atoms with Crippen LogP contribution in [0.25, 0.3) is 17.0 Å². The molecule has 0 amide bonds. The van der Waals surface area contributed by atoms with Crippen molar-refractivity contribution in [2.45, 2.75) is 0 Å². The van der Waals surface area contributed by atoms with Crippen LogP contribution in [0.4, 0.5) is 4.39 Å². The van der Waals surface area contributed by atoms with Gasteiger partial charge in [-0.1, -0.05) is 12.2 Å². The first-order chi connectivity index (χ1) is 7.31. The molecule has 0 aliphatic carbocycles. The van der Waals surface area contributed by atoms with Crippen molar-refractivity contribution in [3.63, 3.8) is 0 Å². The van der Waals surface area contributed by atoms with Crippen LogP contribution in [-0.4, -0.2) is 18.6 Å². The molecule has 0 saturated heterocycles. The van der Waals surface area contributed by atoms with E-state index >= 15 is 0 Å². The third-order valence-electron chi connectivity index (χ3n) is 2.30. The van der Waals surface area contributed by atoms with E-state index in [4.69, 9.17) is 0 Å². The number of nitrogens with one attached hydrogen (secondary N) is 2. The Morgan fingerprint density at radius 1 is 1.47 bits per heavy atom. The quantitative estimate of drug-likeness (QED) is 0.790. The molecule has 15 heavy (non-hydrogen) atoms. The summed E-state index contributed by atoms with van der Waals surface area (Å²) in [4.78, 5) is 3.10. The van der Waals surface area contributed by atoms with E-state index in [0.717, 1.165) is 23.0 Å². The fourth-order valence-electron chi connectivity index (χ4n) is 1.56. The molecule has 1 heterocycles. The summed E-state index contributed by atoms with van der Waals surface area (Å²) in [6, 6.07) is 4.75. The average molecular weight is 204 g/mol. The van der Waals surface area contributed by atoms with Gasteiger partial charge in [-0.05, 0) is 30.8 Å². The lowest BCUT2D eigenvalue weighted by atomic mass is 10.1. The van der Waals surface area contributed by atoms with E-state index < -0.39 is 0 Å².